The molecule has 0 bridgehead atoms. The Labute approximate surface area is 128 Å². The van der Waals surface area contributed by atoms with E-state index in [9.17, 15) is 4.79 Å². The van der Waals surface area contributed by atoms with Gasteiger partial charge in [-0.1, -0.05) is 32.1 Å². The molecule has 3 fully saturated rings. The number of nitrogens with one attached hydrogen (secondary N) is 1. The molecule has 3 rings (SSSR count). The molecule has 3 aliphatic rings. The van der Waals surface area contributed by atoms with Gasteiger partial charge in [0.1, 0.15) is 0 Å². The minimum absolute atomic E-state index is 0.167. The Kier molecular flexibility index (Phi) is 5.39. The zero-order chi connectivity index (χ0) is 14.5. The van der Waals surface area contributed by atoms with E-state index < -0.39 is 0 Å². The van der Waals surface area contributed by atoms with E-state index in [-0.39, 0.29) is 6.03 Å². The zero-order valence-corrected chi connectivity index (χ0v) is 13.2. The molecule has 0 spiro atoms. The third-order valence-electron chi connectivity index (χ3n) is 5.53. The molecule has 0 radical (unpaired) electrons. The number of hydrogen-bond acceptors (Lipinski definition) is 2. The van der Waals surface area contributed by atoms with Crippen molar-refractivity contribution in [2.24, 2.45) is 11.8 Å². The number of hydrogen-bond donors (Lipinski definition) is 1. The molecular formula is C17H30N2O2. The van der Waals surface area contributed by atoms with Gasteiger partial charge in [-0.25, -0.2) is 4.79 Å². The van der Waals surface area contributed by atoms with Crippen LogP contribution in [-0.2, 0) is 4.74 Å². The fraction of sp³-hybridized carbons (Fsp3) is 0.941. The van der Waals surface area contributed by atoms with Gasteiger partial charge in [-0.2, -0.15) is 0 Å². The lowest BCUT2D eigenvalue weighted by atomic mass is 9.84. The molecule has 0 aromatic rings. The number of amides is 2. The number of nitrogens with zero attached hydrogens (tertiary/aromatic N) is 1. The molecule has 4 heteroatoms. The first-order valence-corrected chi connectivity index (χ1v) is 8.95. The van der Waals surface area contributed by atoms with Crippen molar-refractivity contribution in [2.75, 3.05) is 26.3 Å². The number of ether oxygens (including phenoxy) is 1. The first kappa shape index (κ1) is 15.1. The van der Waals surface area contributed by atoms with E-state index in [1.807, 2.05) is 0 Å². The largest absolute Gasteiger partial charge is 0.381 e. The summed E-state index contributed by atoms with van der Waals surface area (Å²) < 4.78 is 5.37. The van der Waals surface area contributed by atoms with Crippen LogP contribution < -0.4 is 5.32 Å². The summed E-state index contributed by atoms with van der Waals surface area (Å²) in [4.78, 5) is 14.5. The maximum atomic E-state index is 12.4. The third kappa shape index (κ3) is 4.12. The van der Waals surface area contributed by atoms with Crippen LogP contribution in [-0.4, -0.2) is 43.3 Å². The Morgan fingerprint density at radius 1 is 1.05 bits per heavy atom. The highest BCUT2D eigenvalue weighted by Crippen LogP contribution is 2.32. The van der Waals surface area contributed by atoms with E-state index >= 15 is 0 Å². The SMILES string of the molecule is O=C(NC[C@@H]1CCOC1)N1CCC[C@@H]1CC1CCCCC1. The average molecular weight is 294 g/mol. The van der Waals surface area contributed by atoms with Crippen molar-refractivity contribution in [1.29, 1.82) is 0 Å². The minimum Gasteiger partial charge on any atom is -0.381 e. The smallest absolute Gasteiger partial charge is 0.317 e. The maximum Gasteiger partial charge on any atom is 0.317 e. The predicted octanol–water partition coefficient (Wildman–Crippen LogP) is 3.17. The Balaban J connectivity index is 1.44. The second-order valence-corrected chi connectivity index (χ2v) is 7.14. The highest BCUT2D eigenvalue weighted by Gasteiger charge is 2.31. The standard InChI is InChI=1S/C17H30N2O2/c20-17(18-12-15-8-10-21-13-15)19-9-4-7-16(19)11-14-5-2-1-3-6-14/h14-16H,1-13H2,(H,18,20)/t15-,16+/m0/s1. The molecule has 21 heavy (non-hydrogen) atoms. The number of carbonyl (C=O) groups is 1. The summed E-state index contributed by atoms with van der Waals surface area (Å²) >= 11 is 0. The fourth-order valence-electron chi connectivity index (χ4n) is 4.23. The van der Waals surface area contributed by atoms with Gasteiger partial charge in [0.25, 0.3) is 0 Å². The Hall–Kier alpha value is -0.770. The van der Waals surface area contributed by atoms with Gasteiger partial charge in [0.05, 0.1) is 6.61 Å². The van der Waals surface area contributed by atoms with Crippen LogP contribution in [0.25, 0.3) is 0 Å². The molecule has 2 amide bonds. The normalized spacial score (nSPS) is 30.8. The van der Waals surface area contributed by atoms with E-state index in [0.29, 0.717) is 12.0 Å². The summed E-state index contributed by atoms with van der Waals surface area (Å²) in [7, 11) is 0. The van der Waals surface area contributed by atoms with Crippen LogP contribution in [0.15, 0.2) is 0 Å². The molecule has 120 valence electrons. The van der Waals surface area contributed by atoms with Crippen molar-refractivity contribution in [2.45, 2.75) is 63.8 Å². The number of carbonyl (C=O) groups excluding carboxylic acids is 1. The van der Waals surface area contributed by atoms with Gasteiger partial charge in [-0.05, 0) is 31.6 Å². The van der Waals surface area contributed by atoms with Crippen LogP contribution in [0.2, 0.25) is 0 Å². The molecule has 1 aliphatic carbocycles. The fourth-order valence-corrected chi connectivity index (χ4v) is 4.23. The van der Waals surface area contributed by atoms with Crippen molar-refractivity contribution in [3.8, 4) is 0 Å². The minimum atomic E-state index is 0.167. The van der Waals surface area contributed by atoms with Gasteiger partial charge in [-0.3, -0.25) is 0 Å². The quantitative estimate of drug-likeness (QED) is 0.865. The molecule has 4 nitrogen and oxygen atoms in total. The lowest BCUT2D eigenvalue weighted by Crippen LogP contribution is -2.45. The molecule has 0 aromatic heterocycles. The zero-order valence-electron chi connectivity index (χ0n) is 13.2. The molecular weight excluding hydrogens is 264 g/mol. The Bertz CT molecular complexity index is 336. The average Bonchev–Trinajstić information content (AvgIpc) is 3.17. The lowest BCUT2D eigenvalue weighted by Gasteiger charge is -2.30. The van der Waals surface area contributed by atoms with Gasteiger partial charge in [0.2, 0.25) is 0 Å². The summed E-state index contributed by atoms with van der Waals surface area (Å²) in [6.07, 6.45) is 11.7. The third-order valence-corrected chi connectivity index (χ3v) is 5.53. The van der Waals surface area contributed by atoms with Crippen molar-refractivity contribution in [1.82, 2.24) is 10.2 Å². The highest BCUT2D eigenvalue weighted by molar-refractivity contribution is 5.74. The summed E-state index contributed by atoms with van der Waals surface area (Å²) in [5.41, 5.74) is 0. The highest BCUT2D eigenvalue weighted by atomic mass is 16.5. The molecule has 2 saturated heterocycles. The molecule has 2 heterocycles. The topological polar surface area (TPSA) is 41.6 Å². The van der Waals surface area contributed by atoms with Gasteiger partial charge in [0, 0.05) is 31.7 Å². The van der Waals surface area contributed by atoms with Crippen LogP contribution in [0.4, 0.5) is 4.79 Å². The van der Waals surface area contributed by atoms with E-state index in [1.54, 1.807) is 0 Å². The lowest BCUT2D eigenvalue weighted by molar-refractivity contribution is 0.171. The van der Waals surface area contributed by atoms with Gasteiger partial charge >= 0.3 is 6.03 Å². The predicted molar refractivity (Wildman–Crippen MR) is 83.2 cm³/mol. The van der Waals surface area contributed by atoms with Crippen molar-refractivity contribution >= 4 is 6.03 Å². The molecule has 2 atom stereocenters. The summed E-state index contributed by atoms with van der Waals surface area (Å²) in [5.74, 6) is 1.38. The van der Waals surface area contributed by atoms with E-state index in [4.69, 9.17) is 4.74 Å². The summed E-state index contributed by atoms with van der Waals surface area (Å²) in [6.45, 7) is 3.40. The number of urea groups is 1. The first-order chi connectivity index (χ1) is 10.3. The van der Waals surface area contributed by atoms with E-state index in [2.05, 4.69) is 10.2 Å². The second-order valence-electron chi connectivity index (χ2n) is 7.14. The molecule has 0 aromatic carbocycles. The van der Waals surface area contributed by atoms with Crippen LogP contribution in [0.5, 0.6) is 0 Å². The van der Waals surface area contributed by atoms with Crippen LogP contribution in [0, 0.1) is 11.8 Å². The molecule has 1 N–H and O–H groups in total. The molecule has 1 saturated carbocycles. The van der Waals surface area contributed by atoms with Crippen molar-refractivity contribution < 1.29 is 9.53 Å². The van der Waals surface area contributed by atoms with Crippen LogP contribution >= 0.6 is 0 Å². The van der Waals surface area contributed by atoms with Gasteiger partial charge in [0.15, 0.2) is 0 Å². The summed E-state index contributed by atoms with van der Waals surface area (Å²) in [6, 6.07) is 0.660. The first-order valence-electron chi connectivity index (χ1n) is 8.95. The van der Waals surface area contributed by atoms with Crippen molar-refractivity contribution in [3.05, 3.63) is 0 Å². The Morgan fingerprint density at radius 2 is 1.90 bits per heavy atom. The van der Waals surface area contributed by atoms with E-state index in [1.165, 1.54) is 51.4 Å². The van der Waals surface area contributed by atoms with E-state index in [0.717, 1.165) is 38.6 Å². The molecule has 0 unspecified atom stereocenters. The number of rotatable bonds is 4. The van der Waals surface area contributed by atoms with Gasteiger partial charge in [-0.15, -0.1) is 0 Å². The monoisotopic (exact) mass is 294 g/mol. The van der Waals surface area contributed by atoms with Crippen molar-refractivity contribution in [3.63, 3.8) is 0 Å². The Morgan fingerprint density at radius 3 is 2.67 bits per heavy atom. The summed E-state index contributed by atoms with van der Waals surface area (Å²) in [5, 5.41) is 3.14. The second kappa shape index (κ2) is 7.48. The molecule has 2 aliphatic heterocycles. The van der Waals surface area contributed by atoms with Crippen LogP contribution in [0.3, 0.4) is 0 Å². The van der Waals surface area contributed by atoms with Crippen LogP contribution in [0.1, 0.15) is 57.8 Å². The maximum absolute atomic E-state index is 12.4. The van der Waals surface area contributed by atoms with Gasteiger partial charge < -0.3 is 15.0 Å². The number of likely N-dealkylation sites (tertiary alicyclic amines) is 1.